The third-order valence-corrected chi connectivity index (χ3v) is 5.50. The van der Waals surface area contributed by atoms with Crippen molar-refractivity contribution < 1.29 is 14.1 Å². The molecule has 3 aromatic rings. The van der Waals surface area contributed by atoms with Crippen LogP contribution >= 0.6 is 0 Å². The average Bonchev–Trinajstić information content (AvgIpc) is 3.22. The van der Waals surface area contributed by atoms with Crippen LogP contribution in [0.5, 0.6) is 5.75 Å². The molecule has 30 heavy (non-hydrogen) atoms. The van der Waals surface area contributed by atoms with E-state index in [1.54, 1.807) is 18.9 Å². The van der Waals surface area contributed by atoms with Crippen LogP contribution in [0.2, 0.25) is 0 Å². The highest BCUT2D eigenvalue weighted by atomic mass is 16.5. The van der Waals surface area contributed by atoms with Gasteiger partial charge in [-0.15, -0.1) is 0 Å². The second-order valence-electron chi connectivity index (χ2n) is 7.94. The number of aryl methyl sites for hydroxylation is 2. The predicted octanol–water partition coefficient (Wildman–Crippen LogP) is 4.35. The summed E-state index contributed by atoms with van der Waals surface area (Å²) in [5.41, 5.74) is 4.59. The number of benzene rings is 2. The lowest BCUT2D eigenvalue weighted by Crippen LogP contribution is -2.37. The van der Waals surface area contributed by atoms with Crippen LogP contribution in [0.4, 0.5) is 0 Å². The Labute approximate surface area is 176 Å². The van der Waals surface area contributed by atoms with Crippen LogP contribution in [-0.2, 0) is 24.2 Å². The molecule has 156 valence electrons. The standard InChI is InChI=1S/C24H27N3O3/c1-16-8-6-11-19(14-16)23-25-22(30-26-23)15-27(3)24(28)17(2)29-21-13-7-10-18-9-4-5-12-20(18)21/h6-8,10-11,13-14,17H,4-5,9,12,15H2,1-3H3/t17-/m1/s1. The van der Waals surface area contributed by atoms with Gasteiger partial charge in [0.25, 0.3) is 5.91 Å². The summed E-state index contributed by atoms with van der Waals surface area (Å²) >= 11 is 0. The van der Waals surface area contributed by atoms with E-state index in [-0.39, 0.29) is 12.5 Å². The number of hydrogen-bond donors (Lipinski definition) is 0. The van der Waals surface area contributed by atoms with Gasteiger partial charge in [0, 0.05) is 12.6 Å². The molecule has 0 unspecified atom stereocenters. The van der Waals surface area contributed by atoms with Gasteiger partial charge in [0.05, 0.1) is 6.54 Å². The molecule has 1 heterocycles. The van der Waals surface area contributed by atoms with Crippen molar-refractivity contribution in [2.24, 2.45) is 0 Å². The first-order valence-electron chi connectivity index (χ1n) is 10.4. The minimum absolute atomic E-state index is 0.126. The van der Waals surface area contributed by atoms with Crippen molar-refractivity contribution in [1.29, 1.82) is 0 Å². The van der Waals surface area contributed by atoms with Crippen molar-refractivity contribution in [2.45, 2.75) is 52.2 Å². The lowest BCUT2D eigenvalue weighted by atomic mass is 9.91. The first-order valence-corrected chi connectivity index (χ1v) is 10.4. The van der Waals surface area contributed by atoms with Crippen LogP contribution in [0.25, 0.3) is 11.4 Å². The van der Waals surface area contributed by atoms with Crippen molar-refractivity contribution in [3.63, 3.8) is 0 Å². The lowest BCUT2D eigenvalue weighted by Gasteiger charge is -2.24. The molecule has 0 bridgehead atoms. The molecule has 1 aliphatic rings. The number of ether oxygens (including phenoxy) is 1. The van der Waals surface area contributed by atoms with Crippen molar-refractivity contribution >= 4 is 5.91 Å². The van der Waals surface area contributed by atoms with E-state index in [0.717, 1.165) is 36.1 Å². The first kappa shape index (κ1) is 20.1. The summed E-state index contributed by atoms with van der Waals surface area (Å²) in [5.74, 6) is 1.61. The minimum Gasteiger partial charge on any atom is -0.481 e. The molecule has 0 spiro atoms. The van der Waals surface area contributed by atoms with Crippen LogP contribution < -0.4 is 4.74 Å². The summed E-state index contributed by atoms with van der Waals surface area (Å²) in [6, 6.07) is 14.0. The van der Waals surface area contributed by atoms with E-state index in [4.69, 9.17) is 9.26 Å². The molecule has 6 heteroatoms. The number of fused-ring (bicyclic) bond motifs is 1. The van der Waals surface area contributed by atoms with Gasteiger partial charge in [0.1, 0.15) is 5.75 Å². The molecule has 2 aromatic carbocycles. The maximum absolute atomic E-state index is 12.9. The average molecular weight is 405 g/mol. The smallest absolute Gasteiger partial charge is 0.263 e. The van der Waals surface area contributed by atoms with Gasteiger partial charge in [0.15, 0.2) is 6.10 Å². The summed E-state index contributed by atoms with van der Waals surface area (Å²) in [5, 5.41) is 4.05. The highest BCUT2D eigenvalue weighted by molar-refractivity contribution is 5.80. The molecule has 1 atom stereocenters. The Morgan fingerprint density at radius 3 is 2.83 bits per heavy atom. The number of likely N-dealkylation sites (N-methyl/N-ethyl adjacent to an activating group) is 1. The summed E-state index contributed by atoms with van der Waals surface area (Å²) < 4.78 is 11.4. The van der Waals surface area contributed by atoms with Crippen molar-refractivity contribution in [1.82, 2.24) is 15.0 Å². The zero-order valence-electron chi connectivity index (χ0n) is 17.7. The third-order valence-electron chi connectivity index (χ3n) is 5.50. The topological polar surface area (TPSA) is 68.5 Å². The predicted molar refractivity (Wildman–Crippen MR) is 114 cm³/mol. The van der Waals surface area contributed by atoms with E-state index in [1.165, 1.54) is 17.5 Å². The molecule has 4 rings (SSSR count). The molecular formula is C24H27N3O3. The highest BCUT2D eigenvalue weighted by Gasteiger charge is 2.23. The Kier molecular flexibility index (Phi) is 5.84. The fraction of sp³-hybridized carbons (Fsp3) is 0.375. The van der Waals surface area contributed by atoms with E-state index in [1.807, 2.05) is 43.3 Å². The molecule has 0 radical (unpaired) electrons. The number of nitrogens with zero attached hydrogens (tertiary/aromatic N) is 3. The number of carbonyl (C=O) groups is 1. The van der Waals surface area contributed by atoms with Crippen LogP contribution in [0.15, 0.2) is 47.0 Å². The SMILES string of the molecule is Cc1cccc(-c2noc(CN(C)C(=O)[C@@H](C)Oc3cccc4c3CCCC4)n2)c1. The van der Waals surface area contributed by atoms with E-state index < -0.39 is 6.10 Å². The maximum Gasteiger partial charge on any atom is 0.263 e. The van der Waals surface area contributed by atoms with E-state index in [0.29, 0.717) is 11.7 Å². The number of rotatable bonds is 6. The fourth-order valence-corrected chi connectivity index (χ4v) is 3.91. The zero-order valence-corrected chi connectivity index (χ0v) is 17.7. The van der Waals surface area contributed by atoms with Crippen LogP contribution in [0.1, 0.15) is 42.3 Å². The number of carbonyl (C=O) groups excluding carboxylic acids is 1. The molecule has 6 nitrogen and oxygen atoms in total. The number of hydrogen-bond acceptors (Lipinski definition) is 5. The Hall–Kier alpha value is -3.15. The molecule has 1 aliphatic carbocycles. The largest absolute Gasteiger partial charge is 0.481 e. The first-order chi connectivity index (χ1) is 14.5. The molecule has 1 aromatic heterocycles. The van der Waals surface area contributed by atoms with Crippen LogP contribution in [-0.4, -0.2) is 34.1 Å². The summed E-state index contributed by atoms with van der Waals surface area (Å²) in [4.78, 5) is 18.8. The van der Waals surface area contributed by atoms with Crippen LogP contribution in [0.3, 0.4) is 0 Å². The van der Waals surface area contributed by atoms with Gasteiger partial charge >= 0.3 is 0 Å². The van der Waals surface area contributed by atoms with E-state index in [9.17, 15) is 4.79 Å². The van der Waals surface area contributed by atoms with Gasteiger partial charge in [-0.05, 0) is 62.8 Å². The van der Waals surface area contributed by atoms with Crippen molar-refractivity contribution in [2.75, 3.05) is 7.05 Å². The zero-order chi connectivity index (χ0) is 21.1. The summed E-state index contributed by atoms with van der Waals surface area (Å²) in [6.07, 6.45) is 3.86. The third kappa shape index (κ3) is 4.37. The Morgan fingerprint density at radius 2 is 2.00 bits per heavy atom. The number of amides is 1. The second-order valence-corrected chi connectivity index (χ2v) is 7.94. The van der Waals surface area contributed by atoms with Gasteiger partial charge in [-0.2, -0.15) is 4.98 Å². The van der Waals surface area contributed by atoms with Crippen LogP contribution in [0, 0.1) is 6.92 Å². The molecule has 0 saturated carbocycles. The second kappa shape index (κ2) is 8.69. The van der Waals surface area contributed by atoms with E-state index >= 15 is 0 Å². The van der Waals surface area contributed by atoms with Gasteiger partial charge in [-0.1, -0.05) is 41.1 Å². The molecule has 0 fully saturated rings. The fourth-order valence-electron chi connectivity index (χ4n) is 3.91. The summed E-state index contributed by atoms with van der Waals surface area (Å²) in [7, 11) is 1.72. The Bertz CT molecular complexity index is 1040. The maximum atomic E-state index is 12.9. The van der Waals surface area contributed by atoms with Gasteiger partial charge in [-0.3, -0.25) is 4.79 Å². The van der Waals surface area contributed by atoms with Crippen molar-refractivity contribution in [3.8, 4) is 17.1 Å². The van der Waals surface area contributed by atoms with E-state index in [2.05, 4.69) is 16.2 Å². The Balaban J connectivity index is 1.40. The quantitative estimate of drug-likeness (QED) is 0.610. The normalized spacial score (nSPS) is 14.1. The van der Waals surface area contributed by atoms with Gasteiger partial charge in [-0.25, -0.2) is 0 Å². The molecule has 0 N–H and O–H groups in total. The van der Waals surface area contributed by atoms with Crippen molar-refractivity contribution in [3.05, 3.63) is 65.0 Å². The van der Waals surface area contributed by atoms with Gasteiger partial charge < -0.3 is 14.2 Å². The minimum atomic E-state index is -0.595. The highest BCUT2D eigenvalue weighted by Crippen LogP contribution is 2.30. The summed E-state index contributed by atoms with van der Waals surface area (Å²) in [6.45, 7) is 4.04. The molecule has 1 amide bonds. The molecule has 0 aliphatic heterocycles. The Morgan fingerprint density at radius 1 is 1.20 bits per heavy atom. The van der Waals surface area contributed by atoms with Gasteiger partial charge in [0.2, 0.25) is 11.7 Å². The lowest BCUT2D eigenvalue weighted by molar-refractivity contribution is -0.137. The molecule has 0 saturated heterocycles. The number of aromatic nitrogens is 2. The monoisotopic (exact) mass is 405 g/mol. The molecular weight excluding hydrogens is 378 g/mol.